The molecule has 2 aromatic rings. The standard InChI is InChI=1S/C17H18N2O4/c1-11-3-2-4-12(7-11)9-19-14-8-13(17(21)18-22)5-6-15(14)23-10-16(19)20/h2-8,16,20,22H,9-10H2,1H3,(H,18,21). The summed E-state index contributed by atoms with van der Waals surface area (Å²) in [6, 6.07) is 12.8. The summed E-state index contributed by atoms with van der Waals surface area (Å²) in [5, 5.41) is 19.1. The maximum Gasteiger partial charge on any atom is 0.274 e. The van der Waals surface area contributed by atoms with Gasteiger partial charge in [0.25, 0.3) is 5.91 Å². The van der Waals surface area contributed by atoms with Crippen molar-refractivity contribution in [2.75, 3.05) is 11.5 Å². The van der Waals surface area contributed by atoms with Gasteiger partial charge in [0.05, 0.1) is 5.69 Å². The first-order chi connectivity index (χ1) is 11.1. The number of amides is 1. The number of hydrogen-bond acceptors (Lipinski definition) is 5. The topological polar surface area (TPSA) is 82.0 Å². The van der Waals surface area contributed by atoms with E-state index in [0.717, 1.165) is 11.1 Å². The monoisotopic (exact) mass is 314 g/mol. The molecule has 6 heteroatoms. The van der Waals surface area contributed by atoms with Crippen LogP contribution in [0.3, 0.4) is 0 Å². The average Bonchev–Trinajstić information content (AvgIpc) is 2.56. The molecule has 0 fully saturated rings. The second-order valence-electron chi connectivity index (χ2n) is 5.53. The van der Waals surface area contributed by atoms with Crippen molar-refractivity contribution in [3.05, 3.63) is 59.2 Å². The minimum Gasteiger partial charge on any atom is -0.487 e. The highest BCUT2D eigenvalue weighted by molar-refractivity contribution is 5.95. The first-order valence-corrected chi connectivity index (χ1v) is 7.30. The van der Waals surface area contributed by atoms with Crippen molar-refractivity contribution >= 4 is 11.6 Å². The summed E-state index contributed by atoms with van der Waals surface area (Å²) in [5.41, 5.74) is 4.71. The van der Waals surface area contributed by atoms with Crippen LogP contribution in [0, 0.1) is 6.92 Å². The summed E-state index contributed by atoms with van der Waals surface area (Å²) in [6.07, 6.45) is -0.810. The Bertz CT molecular complexity index is 732. The fraction of sp³-hybridized carbons (Fsp3) is 0.235. The zero-order chi connectivity index (χ0) is 16.4. The fourth-order valence-corrected chi connectivity index (χ4v) is 2.68. The molecule has 23 heavy (non-hydrogen) atoms. The lowest BCUT2D eigenvalue weighted by Gasteiger charge is -2.36. The minimum absolute atomic E-state index is 0.157. The van der Waals surface area contributed by atoms with Crippen LogP contribution in [-0.2, 0) is 6.54 Å². The van der Waals surface area contributed by atoms with E-state index in [1.54, 1.807) is 28.6 Å². The smallest absolute Gasteiger partial charge is 0.274 e. The summed E-state index contributed by atoms with van der Waals surface area (Å²) in [4.78, 5) is 13.4. The van der Waals surface area contributed by atoms with Crippen molar-refractivity contribution in [1.82, 2.24) is 5.48 Å². The molecule has 2 aromatic carbocycles. The van der Waals surface area contributed by atoms with Crippen LogP contribution < -0.4 is 15.1 Å². The van der Waals surface area contributed by atoms with Gasteiger partial charge in [-0.2, -0.15) is 0 Å². The predicted octanol–water partition coefficient (Wildman–Crippen LogP) is 1.83. The van der Waals surface area contributed by atoms with Gasteiger partial charge in [-0.3, -0.25) is 10.0 Å². The number of fused-ring (bicyclic) bond motifs is 1. The number of benzene rings is 2. The second-order valence-corrected chi connectivity index (χ2v) is 5.53. The molecule has 0 aliphatic carbocycles. The number of aryl methyl sites for hydroxylation is 1. The lowest BCUT2D eigenvalue weighted by Crippen LogP contribution is -2.42. The fourth-order valence-electron chi connectivity index (χ4n) is 2.68. The molecule has 3 N–H and O–H groups in total. The lowest BCUT2D eigenvalue weighted by molar-refractivity contribution is 0.0704. The van der Waals surface area contributed by atoms with Gasteiger partial charge in [-0.1, -0.05) is 29.8 Å². The highest BCUT2D eigenvalue weighted by atomic mass is 16.5. The number of aliphatic hydroxyl groups is 1. The van der Waals surface area contributed by atoms with E-state index in [9.17, 15) is 9.90 Å². The lowest BCUT2D eigenvalue weighted by atomic mass is 10.1. The number of nitrogens with one attached hydrogen (secondary N) is 1. The quantitative estimate of drug-likeness (QED) is 0.595. The van der Waals surface area contributed by atoms with E-state index in [2.05, 4.69) is 0 Å². The average molecular weight is 314 g/mol. The van der Waals surface area contributed by atoms with Crippen LogP contribution in [0.2, 0.25) is 0 Å². The summed E-state index contributed by atoms with van der Waals surface area (Å²) >= 11 is 0. The maximum atomic E-state index is 11.6. The van der Waals surface area contributed by atoms with Crippen LogP contribution in [0.5, 0.6) is 5.75 Å². The van der Waals surface area contributed by atoms with E-state index in [1.165, 1.54) is 0 Å². The number of aliphatic hydroxyl groups excluding tert-OH is 1. The Morgan fingerprint density at radius 2 is 2.17 bits per heavy atom. The molecule has 6 nitrogen and oxygen atoms in total. The molecule has 1 unspecified atom stereocenters. The first kappa shape index (κ1) is 15.3. The largest absolute Gasteiger partial charge is 0.487 e. The highest BCUT2D eigenvalue weighted by Crippen LogP contribution is 2.35. The van der Waals surface area contributed by atoms with Gasteiger partial charge >= 0.3 is 0 Å². The zero-order valence-electron chi connectivity index (χ0n) is 12.7. The highest BCUT2D eigenvalue weighted by Gasteiger charge is 2.27. The molecule has 1 aliphatic rings. The molecule has 1 atom stereocenters. The number of hydroxylamine groups is 1. The Labute approximate surface area is 133 Å². The molecule has 3 rings (SSSR count). The molecule has 0 saturated carbocycles. The van der Waals surface area contributed by atoms with E-state index < -0.39 is 12.1 Å². The van der Waals surface area contributed by atoms with Gasteiger partial charge in [0.2, 0.25) is 0 Å². The van der Waals surface area contributed by atoms with Gasteiger partial charge < -0.3 is 14.7 Å². The third kappa shape index (κ3) is 3.13. The number of anilines is 1. The molecule has 0 saturated heterocycles. The van der Waals surface area contributed by atoms with Gasteiger partial charge in [0, 0.05) is 12.1 Å². The Balaban J connectivity index is 1.96. The number of ether oxygens (including phenoxy) is 1. The molecular weight excluding hydrogens is 296 g/mol. The predicted molar refractivity (Wildman–Crippen MR) is 84.6 cm³/mol. The molecule has 1 heterocycles. The van der Waals surface area contributed by atoms with Gasteiger partial charge in [0.15, 0.2) is 6.23 Å². The zero-order valence-corrected chi connectivity index (χ0v) is 12.7. The van der Waals surface area contributed by atoms with Crippen LogP contribution in [0.1, 0.15) is 21.5 Å². The van der Waals surface area contributed by atoms with Crippen LogP contribution in [-0.4, -0.2) is 29.1 Å². The van der Waals surface area contributed by atoms with Crippen molar-refractivity contribution in [3.8, 4) is 5.75 Å². The van der Waals surface area contributed by atoms with Crippen molar-refractivity contribution in [2.45, 2.75) is 19.7 Å². The van der Waals surface area contributed by atoms with Crippen molar-refractivity contribution in [1.29, 1.82) is 0 Å². The Hall–Kier alpha value is -2.57. The van der Waals surface area contributed by atoms with E-state index in [-0.39, 0.29) is 12.2 Å². The van der Waals surface area contributed by atoms with E-state index in [1.807, 2.05) is 31.2 Å². The van der Waals surface area contributed by atoms with E-state index >= 15 is 0 Å². The molecule has 0 spiro atoms. The minimum atomic E-state index is -0.810. The molecule has 0 bridgehead atoms. The van der Waals surface area contributed by atoms with E-state index in [0.29, 0.717) is 18.0 Å². The first-order valence-electron chi connectivity index (χ1n) is 7.30. The normalized spacial score (nSPS) is 16.5. The Kier molecular flexibility index (Phi) is 4.18. The Morgan fingerprint density at radius 3 is 2.91 bits per heavy atom. The molecule has 0 radical (unpaired) electrons. The number of carbonyl (C=O) groups is 1. The van der Waals surface area contributed by atoms with Gasteiger partial charge in [-0.15, -0.1) is 0 Å². The summed E-state index contributed by atoms with van der Waals surface area (Å²) in [5.74, 6) is -0.0131. The maximum absolute atomic E-state index is 11.6. The van der Waals surface area contributed by atoms with Crippen LogP contribution in [0.25, 0.3) is 0 Å². The molecule has 0 aromatic heterocycles. The SMILES string of the molecule is Cc1cccc(CN2c3cc(C(=O)NO)ccc3OCC2O)c1. The van der Waals surface area contributed by atoms with Gasteiger partial charge in [0.1, 0.15) is 12.4 Å². The van der Waals surface area contributed by atoms with Gasteiger partial charge in [-0.25, -0.2) is 5.48 Å². The molecule has 120 valence electrons. The van der Waals surface area contributed by atoms with Crippen molar-refractivity contribution in [3.63, 3.8) is 0 Å². The van der Waals surface area contributed by atoms with Crippen LogP contribution in [0.15, 0.2) is 42.5 Å². The number of nitrogens with zero attached hydrogens (tertiary/aromatic N) is 1. The van der Waals surface area contributed by atoms with Gasteiger partial charge in [-0.05, 0) is 30.7 Å². The summed E-state index contributed by atoms with van der Waals surface area (Å²) in [7, 11) is 0. The second kappa shape index (κ2) is 6.28. The van der Waals surface area contributed by atoms with Crippen molar-refractivity contribution < 1.29 is 19.8 Å². The molecule has 1 amide bonds. The third-order valence-electron chi connectivity index (χ3n) is 3.82. The third-order valence-corrected chi connectivity index (χ3v) is 3.82. The number of hydrogen-bond donors (Lipinski definition) is 3. The van der Waals surface area contributed by atoms with Crippen molar-refractivity contribution in [2.24, 2.45) is 0 Å². The number of rotatable bonds is 3. The van der Waals surface area contributed by atoms with Crippen LogP contribution >= 0.6 is 0 Å². The van der Waals surface area contributed by atoms with Crippen LogP contribution in [0.4, 0.5) is 5.69 Å². The molecular formula is C17H18N2O4. The summed E-state index contributed by atoms with van der Waals surface area (Å²) in [6.45, 7) is 2.66. The Morgan fingerprint density at radius 1 is 1.35 bits per heavy atom. The number of carbonyl (C=O) groups excluding carboxylic acids is 1. The molecule has 1 aliphatic heterocycles. The van der Waals surface area contributed by atoms with E-state index in [4.69, 9.17) is 9.94 Å². The summed E-state index contributed by atoms with van der Waals surface area (Å²) < 4.78 is 5.51.